The lowest BCUT2D eigenvalue weighted by molar-refractivity contribution is -0.115. The number of aromatic nitrogens is 2. The molecule has 2 heterocycles. The average molecular weight is 401 g/mol. The zero-order valence-electron chi connectivity index (χ0n) is 15.1. The Morgan fingerprint density at radius 3 is 2.62 bits per heavy atom. The molecular weight excluding hydrogens is 386 g/mol. The van der Waals surface area contributed by atoms with E-state index < -0.39 is 0 Å². The van der Waals surface area contributed by atoms with Crippen LogP contribution in [0.5, 0.6) is 0 Å². The van der Waals surface area contributed by atoms with Crippen LogP contribution in [0.25, 0.3) is 10.2 Å². The second kappa shape index (κ2) is 7.96. The first-order chi connectivity index (χ1) is 14.1. The van der Waals surface area contributed by atoms with Gasteiger partial charge < -0.3 is 10.6 Å². The van der Waals surface area contributed by atoms with Gasteiger partial charge in [0, 0.05) is 0 Å². The summed E-state index contributed by atoms with van der Waals surface area (Å²) in [4.78, 5) is 26.0. The molecule has 0 fully saturated rings. The minimum absolute atomic E-state index is 0.190. The molecule has 7 nitrogen and oxygen atoms in total. The number of benzene rings is 2. The molecule has 0 aliphatic heterocycles. The van der Waals surface area contributed by atoms with Gasteiger partial charge in [0.2, 0.25) is 5.91 Å². The number of H-pyrrole nitrogens is 1. The number of aromatic amines is 1. The van der Waals surface area contributed by atoms with Crippen molar-refractivity contribution in [1.29, 1.82) is 5.26 Å². The first-order valence-electron chi connectivity index (χ1n) is 8.76. The summed E-state index contributed by atoms with van der Waals surface area (Å²) in [5.74, 6) is -0.137. The summed E-state index contributed by atoms with van der Waals surface area (Å²) in [6, 6.07) is 19.9. The lowest BCUT2D eigenvalue weighted by Crippen LogP contribution is -2.14. The van der Waals surface area contributed by atoms with E-state index in [1.807, 2.05) is 36.4 Å². The van der Waals surface area contributed by atoms with E-state index in [9.17, 15) is 9.59 Å². The molecule has 0 saturated heterocycles. The van der Waals surface area contributed by atoms with Gasteiger partial charge in [-0.05, 0) is 23.8 Å². The maximum absolute atomic E-state index is 12.6. The van der Waals surface area contributed by atoms with Gasteiger partial charge in [0.25, 0.3) is 5.91 Å². The van der Waals surface area contributed by atoms with Crippen molar-refractivity contribution in [2.24, 2.45) is 0 Å². The van der Waals surface area contributed by atoms with Gasteiger partial charge in [-0.25, -0.2) is 0 Å². The summed E-state index contributed by atoms with van der Waals surface area (Å²) < 4.78 is 0. The van der Waals surface area contributed by atoms with E-state index in [0.717, 1.165) is 5.56 Å². The number of amides is 2. The zero-order chi connectivity index (χ0) is 20.2. The highest BCUT2D eigenvalue weighted by molar-refractivity contribution is 7.20. The summed E-state index contributed by atoms with van der Waals surface area (Å²) in [5.41, 5.74) is 1.74. The van der Waals surface area contributed by atoms with Crippen molar-refractivity contribution in [2.75, 3.05) is 10.6 Å². The van der Waals surface area contributed by atoms with Crippen LogP contribution in [0, 0.1) is 11.3 Å². The zero-order valence-corrected chi connectivity index (χ0v) is 15.9. The normalized spacial score (nSPS) is 10.4. The molecule has 0 saturated carbocycles. The lowest BCUT2D eigenvalue weighted by Gasteiger charge is -2.05. The van der Waals surface area contributed by atoms with Gasteiger partial charge in [-0.2, -0.15) is 10.4 Å². The van der Waals surface area contributed by atoms with E-state index in [2.05, 4.69) is 20.8 Å². The first kappa shape index (κ1) is 18.4. The number of nitriles is 1. The molecule has 2 aromatic heterocycles. The molecule has 0 aliphatic rings. The van der Waals surface area contributed by atoms with Crippen molar-refractivity contribution >= 4 is 44.9 Å². The number of nitrogens with one attached hydrogen (secondary N) is 3. The average Bonchev–Trinajstić information content (AvgIpc) is 3.31. The predicted molar refractivity (Wildman–Crippen MR) is 112 cm³/mol. The molecule has 0 unspecified atom stereocenters. The maximum Gasteiger partial charge on any atom is 0.265 e. The fourth-order valence-electron chi connectivity index (χ4n) is 2.86. The van der Waals surface area contributed by atoms with Crippen LogP contribution in [0.4, 0.5) is 11.5 Å². The Hall–Kier alpha value is -3.96. The van der Waals surface area contributed by atoms with Crippen molar-refractivity contribution in [3.8, 4) is 6.07 Å². The molecule has 3 N–H and O–H groups in total. The third kappa shape index (κ3) is 4.00. The number of para-hydroxylation sites is 1. The molecule has 0 radical (unpaired) electrons. The number of fused-ring (bicyclic) bond motifs is 1. The van der Waals surface area contributed by atoms with Gasteiger partial charge in [-0.1, -0.05) is 42.5 Å². The molecule has 4 rings (SSSR count). The van der Waals surface area contributed by atoms with Crippen molar-refractivity contribution in [3.63, 3.8) is 0 Å². The predicted octanol–water partition coefficient (Wildman–Crippen LogP) is 3.93. The molecular formula is C21H15N5O2S. The monoisotopic (exact) mass is 401 g/mol. The number of hydrogen-bond acceptors (Lipinski definition) is 5. The van der Waals surface area contributed by atoms with Gasteiger partial charge in [-0.15, -0.1) is 11.3 Å². The summed E-state index contributed by atoms with van der Waals surface area (Å²) in [6.07, 6.45) is 0.234. The van der Waals surface area contributed by atoms with Gasteiger partial charge in [-0.3, -0.25) is 14.7 Å². The van der Waals surface area contributed by atoms with Crippen LogP contribution < -0.4 is 10.6 Å². The Bertz CT molecular complexity index is 1240. The number of carbonyl (C=O) groups excluding carboxylic acids is 2. The first-order valence-corrected chi connectivity index (χ1v) is 9.58. The number of nitrogens with zero attached hydrogens (tertiary/aromatic N) is 2. The number of rotatable bonds is 5. The molecule has 8 heteroatoms. The van der Waals surface area contributed by atoms with E-state index in [1.54, 1.807) is 30.3 Å². The second-order valence-corrected chi connectivity index (χ2v) is 7.30. The van der Waals surface area contributed by atoms with Crippen molar-refractivity contribution in [2.45, 2.75) is 6.42 Å². The topological polar surface area (TPSA) is 111 Å². The van der Waals surface area contributed by atoms with E-state index in [4.69, 9.17) is 5.26 Å². The van der Waals surface area contributed by atoms with E-state index >= 15 is 0 Å². The van der Waals surface area contributed by atoms with Crippen molar-refractivity contribution < 1.29 is 9.59 Å². The molecule has 0 aliphatic carbocycles. The Morgan fingerprint density at radius 2 is 1.83 bits per heavy atom. The van der Waals surface area contributed by atoms with Crippen molar-refractivity contribution in [1.82, 2.24) is 10.2 Å². The summed E-state index contributed by atoms with van der Waals surface area (Å²) in [6.45, 7) is 0. The molecule has 4 aromatic rings. The van der Waals surface area contributed by atoms with Gasteiger partial charge >= 0.3 is 0 Å². The van der Waals surface area contributed by atoms with E-state index in [0.29, 0.717) is 32.2 Å². The fraction of sp³-hybridized carbons (Fsp3) is 0.0476. The third-order valence-corrected chi connectivity index (χ3v) is 5.28. The number of anilines is 2. The Labute approximate surface area is 170 Å². The molecule has 0 atom stereocenters. The highest BCUT2D eigenvalue weighted by atomic mass is 32.1. The Balaban J connectivity index is 1.50. The van der Waals surface area contributed by atoms with Crippen LogP contribution >= 0.6 is 11.3 Å². The SMILES string of the molecule is N#Cc1ccccc1NC(=O)c1cc2c(NC(=O)Cc3ccccc3)n[nH]c2s1. The Morgan fingerprint density at radius 1 is 1.07 bits per heavy atom. The second-order valence-electron chi connectivity index (χ2n) is 6.25. The molecule has 0 spiro atoms. The standard InChI is InChI=1S/C21H15N5O2S/c22-12-14-8-4-5-9-16(14)23-20(28)17-11-15-19(25-26-21(15)29-17)24-18(27)10-13-6-2-1-3-7-13/h1-9,11H,10H2,(H,23,28)(H2,24,25,26,27). The number of thiophene rings is 1. The molecule has 29 heavy (non-hydrogen) atoms. The largest absolute Gasteiger partial charge is 0.320 e. The van der Waals surface area contributed by atoms with Crippen LogP contribution in [-0.2, 0) is 11.2 Å². The van der Waals surface area contributed by atoms with Crippen LogP contribution in [0.15, 0.2) is 60.7 Å². The third-order valence-electron chi connectivity index (χ3n) is 4.24. The minimum atomic E-state index is -0.330. The van der Waals surface area contributed by atoms with E-state index in [1.165, 1.54) is 11.3 Å². The summed E-state index contributed by atoms with van der Waals surface area (Å²) >= 11 is 1.23. The number of hydrogen-bond donors (Lipinski definition) is 3. The maximum atomic E-state index is 12.6. The van der Waals surface area contributed by atoms with Gasteiger partial charge in [0.1, 0.15) is 10.9 Å². The molecule has 142 valence electrons. The summed E-state index contributed by atoms with van der Waals surface area (Å²) in [7, 11) is 0. The number of carbonyl (C=O) groups is 2. The fourth-order valence-corrected chi connectivity index (χ4v) is 3.75. The van der Waals surface area contributed by atoms with Crippen LogP contribution in [0.2, 0.25) is 0 Å². The molecule has 2 amide bonds. The highest BCUT2D eigenvalue weighted by Gasteiger charge is 2.17. The molecule has 0 bridgehead atoms. The Kier molecular flexibility index (Phi) is 5.05. The smallest absolute Gasteiger partial charge is 0.265 e. The van der Waals surface area contributed by atoms with Gasteiger partial charge in [0.15, 0.2) is 5.82 Å². The van der Waals surface area contributed by atoms with Crippen LogP contribution in [0.1, 0.15) is 20.8 Å². The highest BCUT2D eigenvalue weighted by Crippen LogP contribution is 2.30. The van der Waals surface area contributed by atoms with E-state index in [-0.39, 0.29) is 18.2 Å². The van der Waals surface area contributed by atoms with Crippen molar-refractivity contribution in [3.05, 3.63) is 76.7 Å². The van der Waals surface area contributed by atoms with Crippen LogP contribution in [0.3, 0.4) is 0 Å². The summed E-state index contributed by atoms with van der Waals surface area (Å²) in [5, 5.41) is 22.3. The molecule has 2 aromatic carbocycles. The van der Waals surface area contributed by atoms with Crippen LogP contribution in [-0.4, -0.2) is 22.0 Å². The quantitative estimate of drug-likeness (QED) is 0.470. The minimum Gasteiger partial charge on any atom is -0.320 e. The lowest BCUT2D eigenvalue weighted by atomic mass is 10.1. The van der Waals surface area contributed by atoms with Gasteiger partial charge in [0.05, 0.1) is 27.9 Å².